The maximum Gasteiger partial charge on any atom is 0.255 e. The van der Waals surface area contributed by atoms with Gasteiger partial charge in [0.05, 0.1) is 5.56 Å². The molecule has 0 aliphatic carbocycles. The smallest absolute Gasteiger partial charge is 0.255 e. The molecule has 2 rings (SSSR count). The highest BCUT2D eigenvalue weighted by molar-refractivity contribution is 9.11. The van der Waals surface area contributed by atoms with Gasteiger partial charge in [-0.05, 0) is 65.9 Å². The topological polar surface area (TPSA) is 46.3 Å². The summed E-state index contributed by atoms with van der Waals surface area (Å²) < 4.78 is 1.81. The second-order valence-electron chi connectivity index (χ2n) is 4.96. The summed E-state index contributed by atoms with van der Waals surface area (Å²) in [7, 11) is 0. The van der Waals surface area contributed by atoms with E-state index in [9.17, 15) is 4.79 Å². The third-order valence-electron chi connectivity index (χ3n) is 3.54. The van der Waals surface area contributed by atoms with Gasteiger partial charge in [0.15, 0.2) is 0 Å². The zero-order valence-corrected chi connectivity index (χ0v) is 13.9. The summed E-state index contributed by atoms with van der Waals surface area (Å²) in [6.07, 6.45) is 3.26. The van der Waals surface area contributed by atoms with E-state index in [0.717, 1.165) is 40.4 Å². The fraction of sp³-hybridized carbons (Fsp3) is 0.500. The highest BCUT2D eigenvalue weighted by atomic mass is 79.9. The van der Waals surface area contributed by atoms with Gasteiger partial charge >= 0.3 is 0 Å². The molecule has 1 aliphatic heterocycles. The van der Waals surface area contributed by atoms with E-state index in [2.05, 4.69) is 31.9 Å². The van der Waals surface area contributed by atoms with Gasteiger partial charge in [0, 0.05) is 22.0 Å². The van der Waals surface area contributed by atoms with E-state index in [0.29, 0.717) is 12.5 Å². The molecule has 1 aromatic rings. The van der Waals surface area contributed by atoms with Crippen molar-refractivity contribution < 1.29 is 4.79 Å². The molecule has 3 nitrogen and oxygen atoms in total. The summed E-state index contributed by atoms with van der Waals surface area (Å²) in [6.45, 7) is 2.38. The van der Waals surface area contributed by atoms with Crippen LogP contribution in [0.3, 0.4) is 0 Å². The molecular weight excluding hydrogens is 372 g/mol. The van der Waals surface area contributed by atoms with E-state index in [1.54, 1.807) is 0 Å². The van der Waals surface area contributed by atoms with Crippen molar-refractivity contribution in [1.82, 2.24) is 4.90 Å². The van der Waals surface area contributed by atoms with Crippen molar-refractivity contribution in [3.05, 3.63) is 32.7 Å². The van der Waals surface area contributed by atoms with Gasteiger partial charge in [0.25, 0.3) is 5.91 Å². The Morgan fingerprint density at radius 2 is 2.21 bits per heavy atom. The van der Waals surface area contributed by atoms with Gasteiger partial charge in [-0.3, -0.25) is 4.79 Å². The van der Waals surface area contributed by atoms with Gasteiger partial charge in [-0.15, -0.1) is 0 Å². The van der Waals surface area contributed by atoms with E-state index in [1.807, 2.05) is 23.1 Å². The zero-order valence-electron chi connectivity index (χ0n) is 10.7. The van der Waals surface area contributed by atoms with Crippen molar-refractivity contribution in [2.45, 2.75) is 19.3 Å². The zero-order chi connectivity index (χ0) is 13.8. The first kappa shape index (κ1) is 15.0. The lowest BCUT2D eigenvalue weighted by Crippen LogP contribution is -2.40. The van der Waals surface area contributed by atoms with Gasteiger partial charge < -0.3 is 10.6 Å². The predicted molar refractivity (Wildman–Crippen MR) is 84.1 cm³/mol. The minimum atomic E-state index is 0.112. The number of carbonyl (C=O) groups is 1. The SMILES string of the molecule is NCCC1CCCN(C(=O)c2ccc(Br)cc2Br)C1. The Morgan fingerprint density at radius 1 is 1.42 bits per heavy atom. The summed E-state index contributed by atoms with van der Waals surface area (Å²) >= 11 is 6.87. The van der Waals surface area contributed by atoms with Crippen LogP contribution >= 0.6 is 31.9 Å². The molecule has 1 atom stereocenters. The minimum Gasteiger partial charge on any atom is -0.338 e. The number of likely N-dealkylation sites (tertiary alicyclic amines) is 1. The summed E-state index contributed by atoms with van der Waals surface area (Å²) in [5.74, 6) is 0.665. The predicted octanol–water partition coefficient (Wildman–Crippen LogP) is 3.41. The molecule has 1 aliphatic rings. The molecular formula is C14H18Br2N2O. The van der Waals surface area contributed by atoms with Gasteiger partial charge in [-0.25, -0.2) is 0 Å². The minimum absolute atomic E-state index is 0.112. The first-order valence-corrected chi connectivity index (χ1v) is 8.15. The fourth-order valence-electron chi connectivity index (χ4n) is 2.55. The monoisotopic (exact) mass is 388 g/mol. The molecule has 104 valence electrons. The van der Waals surface area contributed by atoms with E-state index < -0.39 is 0 Å². The molecule has 2 N–H and O–H groups in total. The summed E-state index contributed by atoms with van der Waals surface area (Å²) in [5, 5.41) is 0. The van der Waals surface area contributed by atoms with Crippen LogP contribution in [0.2, 0.25) is 0 Å². The second kappa shape index (κ2) is 6.86. The average Bonchev–Trinajstić information content (AvgIpc) is 2.39. The first-order valence-electron chi connectivity index (χ1n) is 6.56. The molecule has 1 aromatic carbocycles. The van der Waals surface area contributed by atoms with Crippen LogP contribution in [0.4, 0.5) is 0 Å². The summed E-state index contributed by atoms with van der Waals surface area (Å²) in [5.41, 5.74) is 6.35. The molecule has 1 saturated heterocycles. The number of amides is 1. The number of benzene rings is 1. The van der Waals surface area contributed by atoms with Crippen molar-refractivity contribution in [3.63, 3.8) is 0 Å². The van der Waals surface area contributed by atoms with Crippen LogP contribution in [0.15, 0.2) is 27.1 Å². The Balaban J connectivity index is 2.10. The van der Waals surface area contributed by atoms with E-state index in [1.165, 1.54) is 6.42 Å². The molecule has 0 radical (unpaired) electrons. The standard InChI is InChI=1S/C14H18Br2N2O/c15-11-3-4-12(13(16)8-11)14(19)18-7-1-2-10(9-18)5-6-17/h3-4,8,10H,1-2,5-7,9,17H2. The molecule has 1 amide bonds. The number of nitrogens with zero attached hydrogens (tertiary/aromatic N) is 1. The van der Waals surface area contributed by atoms with Crippen LogP contribution in [0.25, 0.3) is 0 Å². The van der Waals surface area contributed by atoms with Crippen molar-refractivity contribution in [3.8, 4) is 0 Å². The van der Waals surface area contributed by atoms with E-state index in [-0.39, 0.29) is 5.91 Å². The molecule has 1 fully saturated rings. The number of nitrogens with two attached hydrogens (primary N) is 1. The molecule has 1 heterocycles. The molecule has 0 spiro atoms. The number of hydrogen-bond acceptors (Lipinski definition) is 2. The van der Waals surface area contributed by atoms with Crippen LogP contribution in [-0.4, -0.2) is 30.4 Å². The quantitative estimate of drug-likeness (QED) is 0.860. The lowest BCUT2D eigenvalue weighted by molar-refractivity contribution is 0.0668. The van der Waals surface area contributed by atoms with Crippen LogP contribution in [0.1, 0.15) is 29.6 Å². The lowest BCUT2D eigenvalue weighted by atomic mass is 9.94. The number of rotatable bonds is 3. The normalized spacial score (nSPS) is 19.5. The van der Waals surface area contributed by atoms with Crippen molar-refractivity contribution in [1.29, 1.82) is 0 Å². The molecule has 0 bridgehead atoms. The van der Waals surface area contributed by atoms with Gasteiger partial charge in [0.2, 0.25) is 0 Å². The maximum absolute atomic E-state index is 12.5. The fourth-order valence-corrected chi connectivity index (χ4v) is 3.77. The van der Waals surface area contributed by atoms with Crippen LogP contribution in [-0.2, 0) is 0 Å². The second-order valence-corrected chi connectivity index (χ2v) is 6.73. The highest BCUT2D eigenvalue weighted by Crippen LogP contribution is 2.26. The average molecular weight is 390 g/mol. The molecule has 0 saturated carbocycles. The Hall–Kier alpha value is -0.390. The third-order valence-corrected chi connectivity index (χ3v) is 4.69. The van der Waals surface area contributed by atoms with Crippen molar-refractivity contribution in [2.24, 2.45) is 11.7 Å². The van der Waals surface area contributed by atoms with Gasteiger partial charge in [0.1, 0.15) is 0 Å². The number of hydrogen-bond donors (Lipinski definition) is 1. The van der Waals surface area contributed by atoms with E-state index >= 15 is 0 Å². The molecule has 5 heteroatoms. The van der Waals surface area contributed by atoms with Gasteiger partial charge in [-0.1, -0.05) is 15.9 Å². The molecule has 1 unspecified atom stereocenters. The van der Waals surface area contributed by atoms with Crippen LogP contribution in [0, 0.1) is 5.92 Å². The summed E-state index contributed by atoms with van der Waals surface area (Å²) in [4.78, 5) is 14.5. The molecule has 0 aromatic heterocycles. The Morgan fingerprint density at radius 3 is 2.89 bits per heavy atom. The van der Waals surface area contributed by atoms with Crippen LogP contribution in [0.5, 0.6) is 0 Å². The number of carbonyl (C=O) groups excluding carboxylic acids is 1. The van der Waals surface area contributed by atoms with E-state index in [4.69, 9.17) is 5.73 Å². The maximum atomic E-state index is 12.5. The Kier molecular flexibility index (Phi) is 5.42. The van der Waals surface area contributed by atoms with Crippen molar-refractivity contribution in [2.75, 3.05) is 19.6 Å². The number of halogens is 2. The summed E-state index contributed by atoms with van der Waals surface area (Å²) in [6, 6.07) is 5.68. The van der Waals surface area contributed by atoms with Crippen LogP contribution < -0.4 is 5.73 Å². The van der Waals surface area contributed by atoms with Crippen molar-refractivity contribution >= 4 is 37.8 Å². The largest absolute Gasteiger partial charge is 0.338 e. The lowest BCUT2D eigenvalue weighted by Gasteiger charge is -2.33. The third kappa shape index (κ3) is 3.80. The van der Waals surface area contributed by atoms with Gasteiger partial charge in [-0.2, -0.15) is 0 Å². The molecule has 19 heavy (non-hydrogen) atoms. The Labute approximate surface area is 130 Å². The highest BCUT2D eigenvalue weighted by Gasteiger charge is 2.25. The first-order chi connectivity index (χ1) is 9.11. The Bertz CT molecular complexity index is 463. The number of piperidine rings is 1.